The normalized spacial score (nSPS) is 60.7. The van der Waals surface area contributed by atoms with E-state index in [2.05, 4.69) is 19.9 Å². The van der Waals surface area contributed by atoms with Crippen molar-refractivity contribution in [2.75, 3.05) is 0 Å². The number of fused-ring (bicyclic) bond motifs is 6. The molecular weight excluding hydrogens is 184 g/mol. The molecule has 0 aromatic carbocycles. The monoisotopic (exact) mass is 204 g/mol. The number of ether oxygens (including phenoxy) is 1. The number of epoxide rings is 1. The van der Waals surface area contributed by atoms with Gasteiger partial charge < -0.3 is 4.74 Å². The molecule has 0 radical (unpaired) electrons. The van der Waals surface area contributed by atoms with Crippen LogP contribution >= 0.6 is 0 Å². The lowest BCUT2D eigenvalue weighted by Crippen LogP contribution is -2.36. The maximum absolute atomic E-state index is 5.96. The Balaban J connectivity index is 1.68. The number of hydrogen-bond donors (Lipinski definition) is 0. The molecule has 1 aliphatic heterocycles. The molecule has 6 atom stereocenters. The summed E-state index contributed by atoms with van der Waals surface area (Å²) in [6.45, 7) is 4.59. The average Bonchev–Trinajstić information content (AvgIpc) is 2.61. The zero-order chi connectivity index (χ0) is 10.2. The Hall–Kier alpha value is -0.300. The molecule has 3 fully saturated rings. The highest BCUT2D eigenvalue weighted by Gasteiger charge is 2.70. The molecule has 4 aliphatic rings. The molecule has 1 spiro atoms. The predicted molar refractivity (Wildman–Crippen MR) is 59.5 cm³/mol. The minimum absolute atomic E-state index is 0.365. The highest BCUT2D eigenvalue weighted by atomic mass is 16.6. The van der Waals surface area contributed by atoms with Gasteiger partial charge in [0, 0.05) is 0 Å². The topological polar surface area (TPSA) is 12.5 Å². The van der Waals surface area contributed by atoms with Crippen molar-refractivity contribution in [3.63, 3.8) is 0 Å². The van der Waals surface area contributed by atoms with Crippen LogP contribution in [0, 0.1) is 23.7 Å². The van der Waals surface area contributed by atoms with Crippen LogP contribution in [0.4, 0.5) is 0 Å². The third kappa shape index (κ3) is 0.939. The van der Waals surface area contributed by atoms with E-state index in [0.29, 0.717) is 11.7 Å². The summed E-state index contributed by atoms with van der Waals surface area (Å²) in [5, 5.41) is 0. The Morgan fingerprint density at radius 2 is 2.20 bits per heavy atom. The first kappa shape index (κ1) is 8.81. The van der Waals surface area contributed by atoms with Crippen molar-refractivity contribution in [1.29, 1.82) is 0 Å². The Labute approximate surface area is 91.9 Å². The fourth-order valence-electron chi connectivity index (χ4n) is 5.03. The first-order chi connectivity index (χ1) is 7.21. The standard InChI is InChI=1S/C14H20O/c1-8-3-4-11-10-6-13(12(11)5-8)14(7-10)9(2)15-14/h3,9-13H,4-7H2,1-2H3/t9-,10+,11-,12-,13+,14-/m1/s1. The van der Waals surface area contributed by atoms with Crippen molar-refractivity contribution in [3.05, 3.63) is 11.6 Å². The molecule has 0 N–H and O–H groups in total. The number of hydrogen-bond acceptors (Lipinski definition) is 1. The highest BCUT2D eigenvalue weighted by molar-refractivity contribution is 5.22. The minimum Gasteiger partial charge on any atom is -0.366 e. The summed E-state index contributed by atoms with van der Waals surface area (Å²) in [5.41, 5.74) is 2.00. The molecule has 15 heavy (non-hydrogen) atoms. The zero-order valence-corrected chi connectivity index (χ0v) is 9.70. The molecule has 1 saturated heterocycles. The second-order valence-electron chi connectivity index (χ2n) is 6.34. The second-order valence-corrected chi connectivity index (χ2v) is 6.34. The van der Waals surface area contributed by atoms with Crippen molar-refractivity contribution in [2.24, 2.45) is 23.7 Å². The minimum atomic E-state index is 0.365. The van der Waals surface area contributed by atoms with Gasteiger partial charge in [-0.15, -0.1) is 0 Å². The highest BCUT2D eigenvalue weighted by Crippen LogP contribution is 2.68. The molecule has 82 valence electrons. The molecule has 2 saturated carbocycles. The maximum atomic E-state index is 5.96. The summed E-state index contributed by atoms with van der Waals surface area (Å²) in [6.07, 6.45) is 8.64. The van der Waals surface area contributed by atoms with Gasteiger partial charge >= 0.3 is 0 Å². The summed E-state index contributed by atoms with van der Waals surface area (Å²) in [6, 6.07) is 0. The molecule has 2 bridgehead atoms. The summed E-state index contributed by atoms with van der Waals surface area (Å²) >= 11 is 0. The van der Waals surface area contributed by atoms with E-state index in [1.807, 2.05) is 0 Å². The lowest BCUT2D eigenvalue weighted by molar-refractivity contribution is 0.114. The van der Waals surface area contributed by atoms with Gasteiger partial charge in [-0.3, -0.25) is 0 Å². The van der Waals surface area contributed by atoms with Crippen LogP contribution in [0.5, 0.6) is 0 Å². The Bertz CT molecular complexity index is 345. The average molecular weight is 204 g/mol. The van der Waals surface area contributed by atoms with Crippen LogP contribution in [0.2, 0.25) is 0 Å². The van der Waals surface area contributed by atoms with Gasteiger partial charge in [-0.1, -0.05) is 11.6 Å². The molecule has 0 aromatic rings. The molecule has 3 aliphatic carbocycles. The quantitative estimate of drug-likeness (QED) is 0.436. The van der Waals surface area contributed by atoms with Crippen molar-refractivity contribution >= 4 is 0 Å². The van der Waals surface area contributed by atoms with E-state index in [9.17, 15) is 0 Å². The van der Waals surface area contributed by atoms with Gasteiger partial charge in [-0.25, -0.2) is 0 Å². The van der Waals surface area contributed by atoms with Crippen LogP contribution in [0.1, 0.15) is 39.5 Å². The van der Waals surface area contributed by atoms with Crippen LogP contribution in [-0.4, -0.2) is 11.7 Å². The fourth-order valence-corrected chi connectivity index (χ4v) is 5.03. The van der Waals surface area contributed by atoms with Crippen LogP contribution < -0.4 is 0 Å². The molecule has 0 aromatic heterocycles. The molecular formula is C14H20O. The van der Waals surface area contributed by atoms with E-state index in [-0.39, 0.29) is 0 Å². The maximum Gasteiger partial charge on any atom is 0.0979 e. The number of rotatable bonds is 0. The first-order valence-corrected chi connectivity index (χ1v) is 6.54. The summed E-state index contributed by atoms with van der Waals surface area (Å²) in [5.74, 6) is 3.89. The van der Waals surface area contributed by atoms with Crippen molar-refractivity contribution in [3.8, 4) is 0 Å². The van der Waals surface area contributed by atoms with Gasteiger partial charge in [-0.2, -0.15) is 0 Å². The van der Waals surface area contributed by atoms with Crippen LogP contribution in [-0.2, 0) is 4.74 Å². The van der Waals surface area contributed by atoms with E-state index in [4.69, 9.17) is 4.74 Å². The lowest BCUT2D eigenvalue weighted by Gasteiger charge is -2.37. The molecule has 4 rings (SSSR count). The van der Waals surface area contributed by atoms with Crippen LogP contribution in [0.15, 0.2) is 11.6 Å². The third-order valence-electron chi connectivity index (χ3n) is 5.76. The van der Waals surface area contributed by atoms with Crippen molar-refractivity contribution in [1.82, 2.24) is 0 Å². The fraction of sp³-hybridized carbons (Fsp3) is 0.857. The smallest absolute Gasteiger partial charge is 0.0979 e. The van der Waals surface area contributed by atoms with Crippen molar-refractivity contribution < 1.29 is 4.74 Å². The van der Waals surface area contributed by atoms with Gasteiger partial charge in [0.05, 0.1) is 11.7 Å². The molecule has 0 amide bonds. The Morgan fingerprint density at radius 1 is 1.40 bits per heavy atom. The Kier molecular flexibility index (Phi) is 1.47. The molecule has 1 heteroatoms. The molecule has 1 heterocycles. The third-order valence-corrected chi connectivity index (χ3v) is 5.76. The van der Waals surface area contributed by atoms with Crippen LogP contribution in [0.3, 0.4) is 0 Å². The van der Waals surface area contributed by atoms with Gasteiger partial charge in [0.15, 0.2) is 0 Å². The van der Waals surface area contributed by atoms with E-state index in [1.165, 1.54) is 25.7 Å². The predicted octanol–water partition coefficient (Wildman–Crippen LogP) is 3.16. The summed E-state index contributed by atoms with van der Waals surface area (Å²) in [4.78, 5) is 0. The van der Waals surface area contributed by atoms with Crippen molar-refractivity contribution in [2.45, 2.75) is 51.2 Å². The zero-order valence-electron chi connectivity index (χ0n) is 9.70. The first-order valence-electron chi connectivity index (χ1n) is 6.54. The van der Waals surface area contributed by atoms with Gasteiger partial charge in [0.1, 0.15) is 0 Å². The Morgan fingerprint density at radius 3 is 2.93 bits per heavy atom. The SMILES string of the molecule is CC1=CC[C@@H]2[C@H]3C[C@@H]([C@@H]2C1)[C@]1(C3)O[C@@H]1C. The molecule has 1 nitrogen and oxygen atoms in total. The summed E-state index contributed by atoms with van der Waals surface area (Å²) < 4.78 is 5.96. The van der Waals surface area contributed by atoms with Gasteiger partial charge in [-0.05, 0) is 63.2 Å². The largest absolute Gasteiger partial charge is 0.366 e. The van der Waals surface area contributed by atoms with E-state index >= 15 is 0 Å². The second kappa shape index (κ2) is 2.51. The van der Waals surface area contributed by atoms with E-state index in [0.717, 1.165) is 23.7 Å². The van der Waals surface area contributed by atoms with Crippen LogP contribution in [0.25, 0.3) is 0 Å². The molecule has 0 unspecified atom stereocenters. The van der Waals surface area contributed by atoms with E-state index < -0.39 is 0 Å². The van der Waals surface area contributed by atoms with Gasteiger partial charge in [0.2, 0.25) is 0 Å². The lowest BCUT2D eigenvalue weighted by atomic mass is 9.67. The van der Waals surface area contributed by atoms with E-state index in [1.54, 1.807) is 5.57 Å². The number of allylic oxidation sites excluding steroid dienone is 2. The van der Waals surface area contributed by atoms with Gasteiger partial charge in [0.25, 0.3) is 0 Å². The summed E-state index contributed by atoms with van der Waals surface area (Å²) in [7, 11) is 0.